The zero-order valence-corrected chi connectivity index (χ0v) is 14.7. The van der Waals surface area contributed by atoms with Gasteiger partial charge in [0.2, 0.25) is 0 Å². The minimum absolute atomic E-state index is 0.178. The molecule has 1 saturated heterocycles. The van der Waals surface area contributed by atoms with Crippen LogP contribution in [-0.4, -0.2) is 46.1 Å². The van der Waals surface area contributed by atoms with Gasteiger partial charge in [0.25, 0.3) is 5.91 Å². The molecule has 0 radical (unpaired) electrons. The average molecular weight is 388 g/mol. The summed E-state index contributed by atoms with van der Waals surface area (Å²) in [4.78, 5) is 29.3. The predicted octanol–water partition coefficient (Wildman–Crippen LogP) is 3.50. The number of amides is 1. The molecule has 1 atom stereocenters. The van der Waals surface area contributed by atoms with Crippen LogP contribution in [0.25, 0.3) is 10.8 Å². The first-order valence-corrected chi connectivity index (χ1v) is 8.50. The number of nitrogens with zero attached hydrogens (tertiary/aromatic N) is 2. The standard InChI is InChI=1S/C16H15F3N2O4S/c1-8-3-4-10(25-8)12-20-9(2)11(26-12)13(22)21-6-5-15(7-21,14(23)24)16(17,18)19/h3-4H,5-7H2,1-2H3,(H,23,24). The van der Waals surface area contributed by atoms with E-state index >= 15 is 0 Å². The minimum atomic E-state index is -4.94. The van der Waals surface area contributed by atoms with Crippen molar-refractivity contribution in [2.24, 2.45) is 5.41 Å². The van der Waals surface area contributed by atoms with E-state index in [-0.39, 0.29) is 11.4 Å². The molecule has 10 heteroatoms. The molecule has 3 heterocycles. The summed E-state index contributed by atoms with van der Waals surface area (Å²) in [5, 5.41) is 9.54. The van der Waals surface area contributed by atoms with Crippen molar-refractivity contribution < 1.29 is 32.3 Å². The number of thiazole rings is 1. The van der Waals surface area contributed by atoms with E-state index < -0.39 is 36.4 Å². The van der Waals surface area contributed by atoms with Crippen LogP contribution in [0.2, 0.25) is 0 Å². The lowest BCUT2D eigenvalue weighted by Crippen LogP contribution is -2.47. The number of hydrogen-bond donors (Lipinski definition) is 1. The summed E-state index contributed by atoms with van der Waals surface area (Å²) in [6.45, 7) is 2.14. The maximum Gasteiger partial charge on any atom is 0.406 e. The number of carbonyl (C=O) groups excluding carboxylic acids is 1. The summed E-state index contributed by atoms with van der Waals surface area (Å²) in [5.41, 5.74) is -2.56. The fourth-order valence-electron chi connectivity index (χ4n) is 2.90. The van der Waals surface area contributed by atoms with Crippen LogP contribution in [0.1, 0.15) is 27.5 Å². The average Bonchev–Trinajstić information content (AvgIpc) is 3.23. The SMILES string of the molecule is Cc1ccc(-c2nc(C)c(C(=O)N3CCC(C(=O)O)(C(F)(F)F)C3)s2)o1. The lowest BCUT2D eigenvalue weighted by atomic mass is 9.86. The molecule has 1 amide bonds. The maximum absolute atomic E-state index is 13.3. The van der Waals surface area contributed by atoms with Crippen molar-refractivity contribution in [1.29, 1.82) is 0 Å². The van der Waals surface area contributed by atoms with Crippen molar-refractivity contribution in [3.8, 4) is 10.8 Å². The number of furan rings is 1. The van der Waals surface area contributed by atoms with Gasteiger partial charge in [-0.05, 0) is 32.4 Å². The van der Waals surface area contributed by atoms with Crippen molar-refractivity contribution in [2.75, 3.05) is 13.1 Å². The summed E-state index contributed by atoms with van der Waals surface area (Å²) in [6, 6.07) is 3.43. The largest absolute Gasteiger partial charge is 0.481 e. The highest BCUT2D eigenvalue weighted by Gasteiger charge is 2.64. The molecule has 0 spiro atoms. The highest BCUT2D eigenvalue weighted by Crippen LogP contribution is 2.46. The summed E-state index contributed by atoms with van der Waals surface area (Å²) in [5.74, 6) is -1.49. The van der Waals surface area contributed by atoms with Crippen molar-refractivity contribution in [1.82, 2.24) is 9.88 Å². The third-order valence-corrected chi connectivity index (χ3v) is 5.61. The van der Waals surface area contributed by atoms with Gasteiger partial charge in [-0.3, -0.25) is 9.59 Å². The first kappa shape index (κ1) is 18.4. The molecule has 0 aliphatic carbocycles. The van der Waals surface area contributed by atoms with Crippen molar-refractivity contribution in [3.63, 3.8) is 0 Å². The van der Waals surface area contributed by atoms with Crippen LogP contribution < -0.4 is 0 Å². The Morgan fingerprint density at radius 3 is 2.54 bits per heavy atom. The summed E-state index contributed by atoms with van der Waals surface area (Å²) < 4.78 is 45.3. The fourth-order valence-corrected chi connectivity index (χ4v) is 3.90. The second-order valence-electron chi connectivity index (χ2n) is 6.21. The Bertz CT molecular complexity index is 873. The van der Waals surface area contributed by atoms with E-state index in [9.17, 15) is 22.8 Å². The van der Waals surface area contributed by atoms with Crippen molar-refractivity contribution >= 4 is 23.2 Å². The van der Waals surface area contributed by atoms with E-state index in [4.69, 9.17) is 9.52 Å². The van der Waals surface area contributed by atoms with E-state index in [1.165, 1.54) is 0 Å². The number of carboxylic acids is 1. The number of halogens is 3. The van der Waals surface area contributed by atoms with Gasteiger partial charge in [-0.2, -0.15) is 13.2 Å². The molecule has 140 valence electrons. The smallest absolute Gasteiger partial charge is 0.406 e. The van der Waals surface area contributed by atoms with Crippen LogP contribution >= 0.6 is 11.3 Å². The fraction of sp³-hybridized carbons (Fsp3) is 0.438. The molecule has 0 aromatic carbocycles. The van der Waals surface area contributed by atoms with E-state index in [2.05, 4.69) is 4.98 Å². The van der Waals surface area contributed by atoms with Gasteiger partial charge in [0, 0.05) is 13.1 Å². The minimum Gasteiger partial charge on any atom is -0.481 e. The van der Waals surface area contributed by atoms with Gasteiger partial charge in [-0.15, -0.1) is 11.3 Å². The Hall–Kier alpha value is -2.36. The van der Waals surface area contributed by atoms with Crippen LogP contribution in [0.3, 0.4) is 0 Å². The lowest BCUT2D eigenvalue weighted by molar-refractivity contribution is -0.227. The molecular formula is C16H15F3N2O4S. The van der Waals surface area contributed by atoms with Crippen LogP contribution in [0, 0.1) is 19.3 Å². The quantitative estimate of drug-likeness (QED) is 0.870. The Balaban J connectivity index is 1.87. The van der Waals surface area contributed by atoms with E-state index in [0.29, 0.717) is 22.2 Å². The number of carbonyl (C=O) groups is 2. The third kappa shape index (κ3) is 2.87. The summed E-state index contributed by atoms with van der Waals surface area (Å²) in [6.07, 6.45) is -5.60. The molecule has 1 aliphatic heterocycles. The normalized spacial score (nSPS) is 20.6. The van der Waals surface area contributed by atoms with Gasteiger partial charge >= 0.3 is 12.1 Å². The second-order valence-corrected chi connectivity index (χ2v) is 7.20. The molecule has 0 saturated carbocycles. The molecule has 2 aromatic heterocycles. The molecular weight excluding hydrogens is 373 g/mol. The van der Waals surface area contributed by atoms with E-state index in [1.807, 2.05) is 0 Å². The number of aryl methyl sites for hydroxylation is 2. The van der Waals surface area contributed by atoms with Crippen LogP contribution in [0.15, 0.2) is 16.5 Å². The number of hydrogen-bond acceptors (Lipinski definition) is 5. The monoisotopic (exact) mass is 388 g/mol. The van der Waals surface area contributed by atoms with Crippen LogP contribution in [0.4, 0.5) is 13.2 Å². The van der Waals surface area contributed by atoms with Crippen LogP contribution in [-0.2, 0) is 4.79 Å². The van der Waals surface area contributed by atoms with E-state index in [1.54, 1.807) is 26.0 Å². The molecule has 0 bridgehead atoms. The summed E-state index contributed by atoms with van der Waals surface area (Å²) >= 11 is 1.01. The predicted molar refractivity (Wildman–Crippen MR) is 85.9 cm³/mol. The summed E-state index contributed by atoms with van der Waals surface area (Å²) in [7, 11) is 0. The molecule has 1 N–H and O–H groups in total. The first-order chi connectivity index (χ1) is 12.0. The number of likely N-dealkylation sites (tertiary alicyclic amines) is 1. The second kappa shape index (κ2) is 6.11. The number of rotatable bonds is 3. The van der Waals surface area contributed by atoms with Crippen molar-refractivity contribution in [3.05, 3.63) is 28.5 Å². The highest BCUT2D eigenvalue weighted by atomic mass is 32.1. The molecule has 1 unspecified atom stereocenters. The number of aromatic nitrogens is 1. The topological polar surface area (TPSA) is 83.6 Å². The van der Waals surface area contributed by atoms with Gasteiger partial charge in [0.05, 0.1) is 5.69 Å². The third-order valence-electron chi connectivity index (χ3n) is 4.45. The van der Waals surface area contributed by atoms with Gasteiger partial charge in [-0.25, -0.2) is 4.98 Å². The van der Waals surface area contributed by atoms with Gasteiger partial charge in [-0.1, -0.05) is 0 Å². The molecule has 2 aromatic rings. The number of alkyl halides is 3. The van der Waals surface area contributed by atoms with Gasteiger partial charge < -0.3 is 14.4 Å². The molecule has 26 heavy (non-hydrogen) atoms. The molecule has 1 fully saturated rings. The highest BCUT2D eigenvalue weighted by molar-refractivity contribution is 7.17. The number of aliphatic carboxylic acids is 1. The molecule has 1 aliphatic rings. The first-order valence-electron chi connectivity index (χ1n) is 7.69. The molecule has 6 nitrogen and oxygen atoms in total. The Morgan fingerprint density at radius 2 is 2.04 bits per heavy atom. The Morgan fingerprint density at radius 1 is 1.35 bits per heavy atom. The maximum atomic E-state index is 13.3. The number of carboxylic acid groups (broad SMARTS) is 1. The Labute approximate surface area is 150 Å². The zero-order chi connectivity index (χ0) is 19.3. The van der Waals surface area contributed by atoms with Gasteiger partial charge in [0.15, 0.2) is 16.2 Å². The van der Waals surface area contributed by atoms with Crippen molar-refractivity contribution in [2.45, 2.75) is 26.4 Å². The lowest BCUT2D eigenvalue weighted by Gasteiger charge is -2.27. The van der Waals surface area contributed by atoms with E-state index in [0.717, 1.165) is 16.2 Å². The molecule has 3 rings (SSSR count). The zero-order valence-electron chi connectivity index (χ0n) is 13.9. The van der Waals surface area contributed by atoms with Crippen LogP contribution in [0.5, 0.6) is 0 Å². The van der Waals surface area contributed by atoms with Gasteiger partial charge in [0.1, 0.15) is 10.6 Å². The Kier molecular flexibility index (Phi) is 4.33.